The number of carbonyl (C=O) groups is 1. The van der Waals surface area contributed by atoms with Crippen LogP contribution < -0.4 is 10.2 Å². The normalized spacial score (nSPS) is 10.9. The summed E-state index contributed by atoms with van der Waals surface area (Å²) in [5, 5.41) is 13.0. The largest absolute Gasteiger partial charge is 0.478 e. The van der Waals surface area contributed by atoms with Crippen molar-refractivity contribution in [2.24, 2.45) is 0 Å². The molecule has 0 unspecified atom stereocenters. The Morgan fingerprint density at radius 1 is 1.71 bits per heavy atom. The average molecular weight is 214 g/mol. The first-order valence-electron chi connectivity index (χ1n) is 3.95. The van der Waals surface area contributed by atoms with Gasteiger partial charge in [-0.05, 0) is 0 Å². The topological polar surface area (TPSA) is 82.2 Å². The fourth-order valence-corrected chi connectivity index (χ4v) is 1.43. The summed E-state index contributed by atoms with van der Waals surface area (Å²) in [5.41, 5.74) is 0.809. The number of carboxylic acids is 1. The van der Waals surface area contributed by atoms with E-state index in [1.54, 1.807) is 5.38 Å². The molecular weight excluding hydrogens is 204 g/mol. The van der Waals surface area contributed by atoms with Gasteiger partial charge in [0.1, 0.15) is 0 Å². The molecule has 0 fully saturated rings. The van der Waals surface area contributed by atoms with Crippen LogP contribution in [-0.4, -0.2) is 22.6 Å². The summed E-state index contributed by atoms with van der Waals surface area (Å²) >= 11 is 1.11. The molecule has 1 rings (SSSR count). The van der Waals surface area contributed by atoms with Crippen molar-refractivity contribution >= 4 is 17.3 Å². The first-order valence-corrected chi connectivity index (χ1v) is 4.83. The van der Waals surface area contributed by atoms with Crippen LogP contribution in [0.4, 0.5) is 0 Å². The van der Waals surface area contributed by atoms with Crippen molar-refractivity contribution in [2.75, 3.05) is 6.54 Å². The van der Waals surface area contributed by atoms with Gasteiger partial charge < -0.3 is 15.4 Å². The van der Waals surface area contributed by atoms with E-state index in [0.717, 1.165) is 23.1 Å². The number of rotatable bonds is 5. The van der Waals surface area contributed by atoms with E-state index >= 15 is 0 Å². The third-order valence-electron chi connectivity index (χ3n) is 1.41. The van der Waals surface area contributed by atoms with Gasteiger partial charge in [-0.1, -0.05) is 17.4 Å². The summed E-state index contributed by atoms with van der Waals surface area (Å²) in [5.74, 6) is -0.962. The second-order valence-corrected chi connectivity index (χ2v) is 3.39. The molecule has 0 aromatic carbocycles. The van der Waals surface area contributed by atoms with Crippen LogP contribution in [0.2, 0.25) is 0 Å². The molecule has 0 saturated heterocycles. The second kappa shape index (κ2) is 5.36. The Morgan fingerprint density at radius 2 is 2.50 bits per heavy atom. The number of hydrogen-bond donors (Lipinski definition) is 3. The quantitative estimate of drug-likeness (QED) is 0.482. The van der Waals surface area contributed by atoms with Crippen molar-refractivity contribution in [1.29, 1.82) is 0 Å². The van der Waals surface area contributed by atoms with Crippen LogP contribution in [0, 0.1) is 0 Å². The maximum Gasteiger partial charge on any atom is 0.328 e. The van der Waals surface area contributed by atoms with Gasteiger partial charge in [-0.25, -0.2) is 4.79 Å². The zero-order valence-electron chi connectivity index (χ0n) is 7.32. The number of nitrogens with one attached hydrogen (secondary N) is 2. The van der Waals surface area contributed by atoms with Gasteiger partial charge in [0.05, 0.1) is 0 Å². The Balaban J connectivity index is 2.22. The van der Waals surface area contributed by atoms with Gasteiger partial charge in [-0.15, -0.1) is 0 Å². The standard InChI is InChI=1S/C8H10N2O3S/c11-7(12)2-1-3-9-4-6-5-14-8(13)10-6/h1-2,5,9H,3-4H2,(H,10,13)(H,11,12)/b2-1+. The van der Waals surface area contributed by atoms with Crippen molar-refractivity contribution in [3.63, 3.8) is 0 Å². The van der Waals surface area contributed by atoms with E-state index in [1.807, 2.05) is 0 Å². The van der Waals surface area contributed by atoms with Gasteiger partial charge in [0.2, 0.25) is 0 Å². The van der Waals surface area contributed by atoms with Crippen LogP contribution in [0.5, 0.6) is 0 Å². The lowest BCUT2D eigenvalue weighted by Gasteiger charge is -1.96. The molecule has 0 atom stereocenters. The van der Waals surface area contributed by atoms with Crippen molar-refractivity contribution in [3.8, 4) is 0 Å². The highest BCUT2D eigenvalue weighted by atomic mass is 32.1. The van der Waals surface area contributed by atoms with Gasteiger partial charge in [-0.2, -0.15) is 0 Å². The van der Waals surface area contributed by atoms with Crippen LogP contribution in [0.25, 0.3) is 0 Å². The van der Waals surface area contributed by atoms with E-state index in [2.05, 4.69) is 10.3 Å². The molecule has 0 amide bonds. The molecule has 5 nitrogen and oxygen atoms in total. The molecule has 0 bridgehead atoms. The van der Waals surface area contributed by atoms with Gasteiger partial charge in [0, 0.05) is 30.2 Å². The second-order valence-electron chi connectivity index (χ2n) is 2.54. The summed E-state index contributed by atoms with van der Waals surface area (Å²) in [6.07, 6.45) is 2.58. The minimum Gasteiger partial charge on any atom is -0.478 e. The Kier molecular flexibility index (Phi) is 4.09. The lowest BCUT2D eigenvalue weighted by atomic mass is 10.4. The zero-order valence-corrected chi connectivity index (χ0v) is 8.13. The number of thiazole rings is 1. The molecule has 0 spiro atoms. The monoisotopic (exact) mass is 214 g/mol. The van der Waals surface area contributed by atoms with Gasteiger partial charge in [-0.3, -0.25) is 4.79 Å². The summed E-state index contributed by atoms with van der Waals surface area (Å²) in [4.78, 5) is 23.3. The molecule has 14 heavy (non-hydrogen) atoms. The van der Waals surface area contributed by atoms with E-state index in [0.29, 0.717) is 13.1 Å². The maximum absolute atomic E-state index is 10.7. The lowest BCUT2D eigenvalue weighted by molar-refractivity contribution is -0.131. The molecule has 76 valence electrons. The fourth-order valence-electron chi connectivity index (χ4n) is 0.850. The molecule has 1 aromatic heterocycles. The van der Waals surface area contributed by atoms with Crippen LogP contribution in [0.3, 0.4) is 0 Å². The van der Waals surface area contributed by atoms with Gasteiger partial charge >= 0.3 is 10.8 Å². The summed E-state index contributed by atoms with van der Waals surface area (Å²) in [6, 6.07) is 0. The lowest BCUT2D eigenvalue weighted by Crippen LogP contribution is -2.14. The number of carboxylic acid groups (broad SMARTS) is 1. The Bertz CT molecular complexity index is 380. The van der Waals surface area contributed by atoms with E-state index in [9.17, 15) is 9.59 Å². The number of H-pyrrole nitrogens is 1. The van der Waals surface area contributed by atoms with Crippen molar-refractivity contribution in [1.82, 2.24) is 10.3 Å². The molecular formula is C8H10N2O3S. The first kappa shape index (κ1) is 10.7. The molecule has 0 aliphatic heterocycles. The summed E-state index contributed by atoms with van der Waals surface area (Å²) < 4.78 is 0. The van der Waals surface area contributed by atoms with Crippen molar-refractivity contribution in [3.05, 3.63) is 32.9 Å². The van der Waals surface area contributed by atoms with E-state index in [1.165, 1.54) is 6.08 Å². The molecule has 0 aliphatic rings. The predicted molar refractivity (Wildman–Crippen MR) is 53.4 cm³/mol. The van der Waals surface area contributed by atoms with E-state index in [-0.39, 0.29) is 4.87 Å². The van der Waals surface area contributed by atoms with Crippen LogP contribution in [0.1, 0.15) is 5.69 Å². The zero-order chi connectivity index (χ0) is 10.4. The molecule has 0 aliphatic carbocycles. The molecule has 0 saturated carbocycles. The molecule has 6 heteroatoms. The third-order valence-corrected chi connectivity index (χ3v) is 2.13. The number of aliphatic carboxylic acids is 1. The van der Waals surface area contributed by atoms with Crippen molar-refractivity contribution in [2.45, 2.75) is 6.54 Å². The molecule has 1 heterocycles. The van der Waals surface area contributed by atoms with Crippen LogP contribution >= 0.6 is 11.3 Å². The summed E-state index contributed by atoms with van der Waals surface area (Å²) in [6.45, 7) is 0.993. The minimum absolute atomic E-state index is 0.0807. The first-order chi connectivity index (χ1) is 6.68. The van der Waals surface area contributed by atoms with Crippen LogP contribution in [-0.2, 0) is 11.3 Å². The molecule has 0 radical (unpaired) electrons. The Morgan fingerprint density at radius 3 is 3.07 bits per heavy atom. The highest BCUT2D eigenvalue weighted by Gasteiger charge is 1.94. The van der Waals surface area contributed by atoms with Gasteiger partial charge in [0.25, 0.3) is 0 Å². The smallest absolute Gasteiger partial charge is 0.328 e. The SMILES string of the molecule is O=C(O)/C=C/CNCc1csc(=O)[nH]1. The molecule has 3 N–H and O–H groups in total. The fraction of sp³-hybridized carbons (Fsp3) is 0.250. The third kappa shape index (κ3) is 4.01. The van der Waals surface area contributed by atoms with E-state index < -0.39 is 5.97 Å². The molecule has 1 aromatic rings. The number of aromatic amines is 1. The highest BCUT2D eigenvalue weighted by Crippen LogP contribution is 1.93. The Labute approximate surface area is 84.1 Å². The van der Waals surface area contributed by atoms with Crippen LogP contribution in [0.15, 0.2) is 22.3 Å². The predicted octanol–water partition coefficient (Wildman–Crippen LogP) is 0.167. The van der Waals surface area contributed by atoms with E-state index in [4.69, 9.17) is 5.11 Å². The average Bonchev–Trinajstić information content (AvgIpc) is 2.50. The van der Waals surface area contributed by atoms with Crippen molar-refractivity contribution < 1.29 is 9.90 Å². The number of aromatic nitrogens is 1. The van der Waals surface area contributed by atoms with Gasteiger partial charge in [0.15, 0.2) is 0 Å². The Hall–Kier alpha value is -1.40. The minimum atomic E-state index is -0.962. The maximum atomic E-state index is 10.7. The number of hydrogen-bond acceptors (Lipinski definition) is 4. The summed E-state index contributed by atoms with van der Waals surface area (Å²) in [7, 11) is 0. The highest BCUT2D eigenvalue weighted by molar-refractivity contribution is 7.07.